The summed E-state index contributed by atoms with van der Waals surface area (Å²) < 4.78 is 38.1. The molecule has 2 aromatic rings. The van der Waals surface area contributed by atoms with E-state index >= 15 is 0 Å². The van der Waals surface area contributed by atoms with E-state index in [0.29, 0.717) is 5.75 Å². The van der Waals surface area contributed by atoms with Crippen LogP contribution in [-0.2, 0) is 10.0 Å². The SMILES string of the molecule is COc1ccc(OC)c(S(=O)(=O)Nc2ccc(NCCCN(C)C)cn2)c1. The van der Waals surface area contributed by atoms with Crippen LogP contribution in [-0.4, -0.2) is 59.7 Å². The Morgan fingerprint density at radius 2 is 1.89 bits per heavy atom. The van der Waals surface area contributed by atoms with Crippen molar-refractivity contribution in [3.05, 3.63) is 36.5 Å². The number of nitrogens with zero attached hydrogens (tertiary/aromatic N) is 2. The van der Waals surface area contributed by atoms with Gasteiger partial charge in [-0.2, -0.15) is 0 Å². The van der Waals surface area contributed by atoms with Gasteiger partial charge in [0.2, 0.25) is 0 Å². The topological polar surface area (TPSA) is 92.8 Å². The second kappa shape index (κ2) is 9.43. The number of hydrogen-bond acceptors (Lipinski definition) is 7. The molecule has 9 heteroatoms. The lowest BCUT2D eigenvalue weighted by Gasteiger charge is -2.13. The van der Waals surface area contributed by atoms with Gasteiger partial charge in [-0.05, 0) is 51.3 Å². The van der Waals surface area contributed by atoms with Gasteiger partial charge in [0.15, 0.2) is 0 Å². The molecule has 1 heterocycles. The number of nitrogens with one attached hydrogen (secondary N) is 2. The van der Waals surface area contributed by atoms with Crippen LogP contribution in [0.15, 0.2) is 41.4 Å². The van der Waals surface area contributed by atoms with Crippen molar-refractivity contribution < 1.29 is 17.9 Å². The van der Waals surface area contributed by atoms with Crippen molar-refractivity contribution in [1.29, 1.82) is 0 Å². The van der Waals surface area contributed by atoms with Gasteiger partial charge < -0.3 is 19.7 Å². The molecule has 148 valence electrons. The zero-order valence-electron chi connectivity index (χ0n) is 16.0. The highest BCUT2D eigenvalue weighted by Crippen LogP contribution is 2.29. The lowest BCUT2D eigenvalue weighted by atomic mass is 10.3. The van der Waals surface area contributed by atoms with Crippen LogP contribution in [0, 0.1) is 0 Å². The minimum Gasteiger partial charge on any atom is -0.497 e. The van der Waals surface area contributed by atoms with Crippen molar-refractivity contribution in [2.45, 2.75) is 11.3 Å². The van der Waals surface area contributed by atoms with Crippen molar-refractivity contribution in [2.24, 2.45) is 0 Å². The second-order valence-corrected chi connectivity index (χ2v) is 7.79. The fraction of sp³-hybridized carbons (Fsp3) is 0.389. The predicted molar refractivity (Wildman–Crippen MR) is 106 cm³/mol. The van der Waals surface area contributed by atoms with E-state index < -0.39 is 10.0 Å². The zero-order chi connectivity index (χ0) is 19.9. The standard InChI is InChI=1S/C18H26N4O4S/c1-22(2)11-5-10-19-14-6-9-18(20-13-14)21-27(23,24)17-12-15(25-3)7-8-16(17)26-4/h6-9,12-13,19H,5,10-11H2,1-4H3,(H,20,21). The first-order chi connectivity index (χ1) is 12.9. The van der Waals surface area contributed by atoms with Crippen LogP contribution in [0.4, 0.5) is 11.5 Å². The molecule has 0 radical (unpaired) electrons. The second-order valence-electron chi connectivity index (χ2n) is 6.14. The van der Waals surface area contributed by atoms with E-state index in [2.05, 4.69) is 19.9 Å². The Balaban J connectivity index is 2.07. The highest BCUT2D eigenvalue weighted by Gasteiger charge is 2.21. The Bertz CT molecular complexity index is 839. The first-order valence-electron chi connectivity index (χ1n) is 8.45. The monoisotopic (exact) mass is 394 g/mol. The van der Waals surface area contributed by atoms with E-state index in [0.717, 1.165) is 25.2 Å². The largest absolute Gasteiger partial charge is 0.497 e. The van der Waals surface area contributed by atoms with Crippen LogP contribution >= 0.6 is 0 Å². The van der Waals surface area contributed by atoms with E-state index in [9.17, 15) is 8.42 Å². The number of pyridine rings is 1. The summed E-state index contributed by atoms with van der Waals surface area (Å²) in [5.74, 6) is 0.864. The summed E-state index contributed by atoms with van der Waals surface area (Å²) in [4.78, 5) is 6.27. The van der Waals surface area contributed by atoms with Crippen molar-refractivity contribution in [3.63, 3.8) is 0 Å². The maximum absolute atomic E-state index is 12.7. The van der Waals surface area contributed by atoms with Crippen LogP contribution < -0.4 is 19.5 Å². The quantitative estimate of drug-likeness (QED) is 0.597. The summed E-state index contributed by atoms with van der Waals surface area (Å²) >= 11 is 0. The van der Waals surface area contributed by atoms with Crippen LogP contribution in [0.3, 0.4) is 0 Å². The van der Waals surface area contributed by atoms with Crippen LogP contribution in [0.2, 0.25) is 0 Å². The maximum atomic E-state index is 12.7. The number of anilines is 2. The number of hydrogen-bond donors (Lipinski definition) is 2. The molecule has 0 spiro atoms. The molecule has 1 aromatic heterocycles. The summed E-state index contributed by atoms with van der Waals surface area (Å²) in [6, 6.07) is 7.97. The molecule has 0 saturated heterocycles. The molecule has 0 atom stereocenters. The van der Waals surface area contributed by atoms with E-state index in [-0.39, 0.29) is 16.5 Å². The molecule has 0 bridgehead atoms. The third-order valence-corrected chi connectivity index (χ3v) is 5.15. The van der Waals surface area contributed by atoms with Crippen molar-refractivity contribution in [1.82, 2.24) is 9.88 Å². The molecule has 1 aromatic carbocycles. The molecule has 0 unspecified atom stereocenters. The summed E-state index contributed by atoms with van der Waals surface area (Å²) in [5, 5.41) is 3.25. The molecule has 2 N–H and O–H groups in total. The fourth-order valence-corrected chi connectivity index (χ4v) is 3.57. The predicted octanol–water partition coefficient (Wildman–Crippen LogP) is 2.26. The number of rotatable bonds is 10. The first-order valence-corrected chi connectivity index (χ1v) is 9.93. The third-order valence-electron chi connectivity index (χ3n) is 3.77. The highest BCUT2D eigenvalue weighted by atomic mass is 32.2. The Morgan fingerprint density at radius 1 is 1.11 bits per heavy atom. The summed E-state index contributed by atoms with van der Waals surface area (Å²) in [6.45, 7) is 1.80. The number of sulfonamides is 1. The van der Waals surface area contributed by atoms with Gasteiger partial charge in [0.25, 0.3) is 10.0 Å². The molecular weight excluding hydrogens is 368 g/mol. The summed E-state index contributed by atoms with van der Waals surface area (Å²) in [5.41, 5.74) is 0.829. The van der Waals surface area contributed by atoms with Crippen LogP contribution in [0.1, 0.15) is 6.42 Å². The average molecular weight is 394 g/mol. The molecule has 0 aliphatic carbocycles. The van der Waals surface area contributed by atoms with Gasteiger partial charge in [0, 0.05) is 12.6 Å². The Labute approximate surface area is 160 Å². The van der Waals surface area contributed by atoms with E-state index in [1.165, 1.54) is 20.3 Å². The molecular formula is C18H26N4O4S. The molecule has 0 fully saturated rings. The van der Waals surface area contributed by atoms with Crippen LogP contribution in [0.25, 0.3) is 0 Å². The maximum Gasteiger partial charge on any atom is 0.266 e. The van der Waals surface area contributed by atoms with Gasteiger partial charge >= 0.3 is 0 Å². The highest BCUT2D eigenvalue weighted by molar-refractivity contribution is 7.92. The third kappa shape index (κ3) is 6.00. The molecule has 2 rings (SSSR count). The van der Waals surface area contributed by atoms with E-state index in [1.54, 1.807) is 30.5 Å². The molecule has 0 amide bonds. The average Bonchev–Trinajstić information content (AvgIpc) is 2.65. The molecule has 0 saturated carbocycles. The van der Waals surface area contributed by atoms with Gasteiger partial charge in [-0.15, -0.1) is 0 Å². The fourth-order valence-electron chi connectivity index (χ4n) is 2.37. The molecule has 27 heavy (non-hydrogen) atoms. The normalized spacial score (nSPS) is 11.3. The summed E-state index contributed by atoms with van der Waals surface area (Å²) in [7, 11) is 3.06. The van der Waals surface area contributed by atoms with Gasteiger partial charge in [0.1, 0.15) is 22.2 Å². The van der Waals surface area contributed by atoms with Gasteiger partial charge in [-0.25, -0.2) is 13.4 Å². The van der Waals surface area contributed by atoms with E-state index in [1.807, 2.05) is 14.1 Å². The van der Waals surface area contributed by atoms with Crippen LogP contribution in [0.5, 0.6) is 11.5 Å². The molecule has 8 nitrogen and oxygen atoms in total. The Hall–Kier alpha value is -2.52. The molecule has 0 aliphatic heterocycles. The Morgan fingerprint density at radius 3 is 2.48 bits per heavy atom. The van der Waals surface area contributed by atoms with Gasteiger partial charge in [-0.1, -0.05) is 0 Å². The minimum atomic E-state index is -3.88. The number of methoxy groups -OCH3 is 2. The zero-order valence-corrected chi connectivity index (χ0v) is 16.8. The summed E-state index contributed by atoms with van der Waals surface area (Å²) in [6.07, 6.45) is 2.59. The lowest BCUT2D eigenvalue weighted by Crippen LogP contribution is -2.16. The Kier molecular flexibility index (Phi) is 7.26. The number of ether oxygens (including phenoxy) is 2. The van der Waals surface area contributed by atoms with Gasteiger partial charge in [-0.3, -0.25) is 4.72 Å². The number of benzene rings is 1. The smallest absolute Gasteiger partial charge is 0.266 e. The first kappa shape index (κ1) is 20.8. The minimum absolute atomic E-state index is 0.0166. The van der Waals surface area contributed by atoms with Crippen molar-refractivity contribution in [2.75, 3.05) is 51.4 Å². The number of aromatic nitrogens is 1. The molecule has 0 aliphatic rings. The lowest BCUT2D eigenvalue weighted by molar-refractivity contribution is 0.392. The van der Waals surface area contributed by atoms with Crippen molar-refractivity contribution >= 4 is 21.5 Å². The van der Waals surface area contributed by atoms with Crippen molar-refractivity contribution in [3.8, 4) is 11.5 Å². The van der Waals surface area contributed by atoms with Gasteiger partial charge in [0.05, 0.1) is 26.1 Å². The van der Waals surface area contributed by atoms with E-state index in [4.69, 9.17) is 9.47 Å².